The first-order chi connectivity index (χ1) is 14.1. The van der Waals surface area contributed by atoms with Crippen LogP contribution in [0.4, 0.5) is 10.1 Å². The molecule has 0 aliphatic carbocycles. The molecule has 2 aromatic carbocycles. The minimum Gasteiger partial charge on any atom is -0.496 e. The predicted octanol–water partition coefficient (Wildman–Crippen LogP) is 3.46. The summed E-state index contributed by atoms with van der Waals surface area (Å²) in [7, 11) is 3.38. The van der Waals surface area contributed by atoms with Crippen LogP contribution in [0.25, 0.3) is 0 Å². The molecular formula is C22H30FIN4O2. The van der Waals surface area contributed by atoms with Gasteiger partial charge in [-0.05, 0) is 36.2 Å². The lowest BCUT2D eigenvalue weighted by Gasteiger charge is -2.29. The van der Waals surface area contributed by atoms with E-state index >= 15 is 0 Å². The van der Waals surface area contributed by atoms with Crippen molar-refractivity contribution in [3.8, 4) is 5.75 Å². The molecule has 0 aromatic heterocycles. The molecule has 164 valence electrons. The van der Waals surface area contributed by atoms with Crippen molar-refractivity contribution in [2.75, 3.05) is 45.4 Å². The fourth-order valence-electron chi connectivity index (χ4n) is 3.30. The monoisotopic (exact) mass is 528 g/mol. The van der Waals surface area contributed by atoms with Crippen molar-refractivity contribution >= 4 is 35.6 Å². The third-order valence-electron chi connectivity index (χ3n) is 4.94. The van der Waals surface area contributed by atoms with Crippen molar-refractivity contribution in [1.82, 2.24) is 10.6 Å². The van der Waals surface area contributed by atoms with Crippen molar-refractivity contribution < 1.29 is 13.9 Å². The first-order valence-electron chi connectivity index (χ1n) is 9.80. The van der Waals surface area contributed by atoms with Gasteiger partial charge in [0.2, 0.25) is 0 Å². The van der Waals surface area contributed by atoms with Crippen LogP contribution in [0, 0.1) is 12.7 Å². The van der Waals surface area contributed by atoms with E-state index in [1.807, 2.05) is 36.1 Å². The summed E-state index contributed by atoms with van der Waals surface area (Å²) in [5, 5.41) is 6.50. The van der Waals surface area contributed by atoms with Crippen LogP contribution in [0.2, 0.25) is 0 Å². The highest BCUT2D eigenvalue weighted by atomic mass is 127. The summed E-state index contributed by atoms with van der Waals surface area (Å²) >= 11 is 0. The van der Waals surface area contributed by atoms with Gasteiger partial charge in [-0.3, -0.25) is 4.99 Å². The first kappa shape index (κ1) is 24.2. The van der Waals surface area contributed by atoms with Crippen LogP contribution >= 0.6 is 24.0 Å². The molecule has 1 fully saturated rings. The van der Waals surface area contributed by atoms with E-state index in [0.29, 0.717) is 51.0 Å². The van der Waals surface area contributed by atoms with E-state index in [1.165, 1.54) is 0 Å². The van der Waals surface area contributed by atoms with Gasteiger partial charge in [0.1, 0.15) is 11.6 Å². The minimum atomic E-state index is -0.210. The molecular weight excluding hydrogens is 498 g/mol. The molecule has 6 nitrogen and oxygen atoms in total. The smallest absolute Gasteiger partial charge is 0.191 e. The van der Waals surface area contributed by atoms with E-state index in [1.54, 1.807) is 20.2 Å². The maximum absolute atomic E-state index is 14.6. The number of aliphatic imine (C=N–C) groups is 1. The number of hydrogen-bond donors (Lipinski definition) is 2. The Morgan fingerprint density at radius 3 is 2.53 bits per heavy atom. The number of morpholine rings is 1. The van der Waals surface area contributed by atoms with Gasteiger partial charge in [0, 0.05) is 38.8 Å². The molecule has 0 radical (unpaired) electrons. The highest BCUT2D eigenvalue weighted by molar-refractivity contribution is 14.0. The molecule has 0 unspecified atom stereocenters. The van der Waals surface area contributed by atoms with Crippen molar-refractivity contribution in [2.24, 2.45) is 4.99 Å². The summed E-state index contributed by atoms with van der Waals surface area (Å²) in [5.74, 6) is 1.28. The second-order valence-electron chi connectivity index (χ2n) is 6.98. The van der Waals surface area contributed by atoms with Gasteiger partial charge in [-0.1, -0.05) is 18.2 Å². The average molecular weight is 528 g/mol. The van der Waals surface area contributed by atoms with Gasteiger partial charge in [-0.2, -0.15) is 0 Å². The first-order valence-corrected chi connectivity index (χ1v) is 9.80. The predicted molar refractivity (Wildman–Crippen MR) is 130 cm³/mol. The number of methoxy groups -OCH3 is 1. The van der Waals surface area contributed by atoms with Gasteiger partial charge in [0.15, 0.2) is 5.96 Å². The highest BCUT2D eigenvalue weighted by Crippen LogP contribution is 2.22. The summed E-state index contributed by atoms with van der Waals surface area (Å²) in [4.78, 5) is 6.26. The molecule has 2 aromatic rings. The second kappa shape index (κ2) is 11.9. The van der Waals surface area contributed by atoms with Crippen molar-refractivity contribution in [3.63, 3.8) is 0 Å². The standard InChI is InChI=1S/C22H29FN4O2.HI/c1-16-4-6-18(21(12-16)28-3)15-26-22(24-2)25-14-17-5-7-20(19(23)13-17)27-8-10-29-11-9-27;/h4-7,12-13H,8-11,14-15H2,1-3H3,(H2,24,25,26);1H. The van der Waals surface area contributed by atoms with E-state index in [2.05, 4.69) is 21.7 Å². The largest absolute Gasteiger partial charge is 0.496 e. The molecule has 0 atom stereocenters. The van der Waals surface area contributed by atoms with Crippen LogP contribution in [0.15, 0.2) is 41.4 Å². The van der Waals surface area contributed by atoms with Gasteiger partial charge >= 0.3 is 0 Å². The van der Waals surface area contributed by atoms with E-state index < -0.39 is 0 Å². The van der Waals surface area contributed by atoms with Crippen LogP contribution in [-0.2, 0) is 17.8 Å². The van der Waals surface area contributed by atoms with Crippen LogP contribution in [-0.4, -0.2) is 46.4 Å². The van der Waals surface area contributed by atoms with E-state index in [4.69, 9.17) is 9.47 Å². The van der Waals surface area contributed by atoms with Crippen molar-refractivity contribution in [3.05, 3.63) is 58.9 Å². The lowest BCUT2D eigenvalue weighted by molar-refractivity contribution is 0.122. The second-order valence-corrected chi connectivity index (χ2v) is 6.98. The minimum absolute atomic E-state index is 0. The molecule has 0 saturated carbocycles. The SMILES string of the molecule is CN=C(NCc1ccc(N2CCOCC2)c(F)c1)NCc1ccc(C)cc1OC.I. The zero-order valence-electron chi connectivity index (χ0n) is 17.7. The zero-order valence-corrected chi connectivity index (χ0v) is 20.0. The molecule has 0 spiro atoms. The molecule has 1 aliphatic heterocycles. The maximum Gasteiger partial charge on any atom is 0.191 e. The highest BCUT2D eigenvalue weighted by Gasteiger charge is 2.15. The molecule has 2 N–H and O–H groups in total. The summed E-state index contributed by atoms with van der Waals surface area (Å²) < 4.78 is 25.3. The number of nitrogens with zero attached hydrogens (tertiary/aromatic N) is 2. The molecule has 1 heterocycles. The van der Waals surface area contributed by atoms with Gasteiger partial charge in [0.05, 0.1) is 26.0 Å². The molecule has 1 saturated heterocycles. The lowest BCUT2D eigenvalue weighted by Crippen LogP contribution is -2.37. The fraction of sp³-hybridized carbons (Fsp3) is 0.409. The molecule has 0 amide bonds. The average Bonchev–Trinajstić information content (AvgIpc) is 2.75. The van der Waals surface area contributed by atoms with Crippen molar-refractivity contribution in [2.45, 2.75) is 20.0 Å². The van der Waals surface area contributed by atoms with Gasteiger partial charge in [0.25, 0.3) is 0 Å². The Morgan fingerprint density at radius 2 is 1.87 bits per heavy atom. The summed E-state index contributed by atoms with van der Waals surface area (Å²) in [5.41, 5.74) is 3.68. The number of rotatable bonds is 6. The summed E-state index contributed by atoms with van der Waals surface area (Å²) in [6.07, 6.45) is 0. The van der Waals surface area contributed by atoms with Crippen LogP contribution < -0.4 is 20.3 Å². The maximum atomic E-state index is 14.6. The van der Waals surface area contributed by atoms with E-state index in [-0.39, 0.29) is 29.8 Å². The summed E-state index contributed by atoms with van der Waals surface area (Å²) in [6.45, 7) is 5.79. The Morgan fingerprint density at radius 1 is 1.13 bits per heavy atom. The molecule has 3 rings (SSSR count). The number of hydrogen-bond acceptors (Lipinski definition) is 4. The Kier molecular flexibility index (Phi) is 9.64. The fourth-order valence-corrected chi connectivity index (χ4v) is 3.30. The number of benzene rings is 2. The van der Waals surface area contributed by atoms with Gasteiger partial charge in [-0.25, -0.2) is 4.39 Å². The molecule has 8 heteroatoms. The number of aryl methyl sites for hydroxylation is 1. The van der Waals surface area contributed by atoms with E-state index in [9.17, 15) is 4.39 Å². The van der Waals surface area contributed by atoms with Crippen LogP contribution in [0.3, 0.4) is 0 Å². The van der Waals surface area contributed by atoms with E-state index in [0.717, 1.165) is 22.4 Å². The van der Waals surface area contributed by atoms with Gasteiger partial charge < -0.3 is 25.0 Å². The third kappa shape index (κ3) is 6.46. The summed E-state index contributed by atoms with van der Waals surface area (Å²) in [6, 6.07) is 11.4. The Labute approximate surface area is 194 Å². The van der Waals surface area contributed by atoms with Crippen molar-refractivity contribution in [1.29, 1.82) is 0 Å². The van der Waals surface area contributed by atoms with Crippen LogP contribution in [0.5, 0.6) is 5.75 Å². The molecule has 1 aliphatic rings. The number of halogens is 2. The zero-order chi connectivity index (χ0) is 20.6. The third-order valence-corrected chi connectivity index (χ3v) is 4.94. The topological polar surface area (TPSA) is 58.1 Å². The number of nitrogens with one attached hydrogen (secondary N) is 2. The van der Waals surface area contributed by atoms with Crippen LogP contribution in [0.1, 0.15) is 16.7 Å². The number of ether oxygens (including phenoxy) is 2. The normalized spacial score (nSPS) is 14.1. The molecule has 0 bridgehead atoms. The number of anilines is 1. The number of guanidine groups is 1. The Balaban J connectivity index is 0.00000320. The molecule has 30 heavy (non-hydrogen) atoms. The Hall–Kier alpha value is -2.07. The lowest BCUT2D eigenvalue weighted by atomic mass is 10.1. The van der Waals surface area contributed by atoms with Gasteiger partial charge in [-0.15, -0.1) is 24.0 Å². The Bertz CT molecular complexity index is 857. The quantitative estimate of drug-likeness (QED) is 0.342.